The van der Waals surface area contributed by atoms with Crippen LogP contribution in [0, 0.1) is 0 Å². The summed E-state index contributed by atoms with van der Waals surface area (Å²) in [4.78, 5) is 13.9. The van der Waals surface area contributed by atoms with E-state index in [9.17, 15) is 4.79 Å². The number of hydrogen-bond acceptors (Lipinski definition) is 3. The van der Waals surface area contributed by atoms with E-state index in [0.717, 1.165) is 5.69 Å². The van der Waals surface area contributed by atoms with Gasteiger partial charge < -0.3 is 15.4 Å². The number of rotatable bonds is 5. The number of nitrogens with zero attached hydrogens (tertiary/aromatic N) is 1. The largest absolute Gasteiger partial charge is 0.484 e. The molecule has 0 fully saturated rings. The quantitative estimate of drug-likeness (QED) is 0.862. The second-order valence-electron chi connectivity index (χ2n) is 4.48. The molecule has 21 heavy (non-hydrogen) atoms. The minimum Gasteiger partial charge on any atom is -0.484 e. The molecule has 2 rings (SSSR count). The van der Waals surface area contributed by atoms with Crippen molar-refractivity contribution in [2.45, 2.75) is 6.92 Å². The Kier molecular flexibility index (Phi) is 5.06. The van der Waals surface area contributed by atoms with Gasteiger partial charge in [0.15, 0.2) is 6.61 Å². The molecule has 0 spiro atoms. The van der Waals surface area contributed by atoms with Crippen molar-refractivity contribution >= 4 is 28.9 Å². The zero-order valence-electron chi connectivity index (χ0n) is 11.8. The Bertz CT molecular complexity index is 614. The summed E-state index contributed by atoms with van der Waals surface area (Å²) < 4.78 is 5.48. The van der Waals surface area contributed by atoms with Gasteiger partial charge in [0.1, 0.15) is 5.75 Å². The normalized spacial score (nSPS) is 10.2. The van der Waals surface area contributed by atoms with Crippen molar-refractivity contribution in [1.82, 2.24) is 0 Å². The van der Waals surface area contributed by atoms with Gasteiger partial charge >= 0.3 is 0 Å². The average Bonchev–Trinajstić information content (AvgIpc) is 2.47. The first-order valence-corrected chi connectivity index (χ1v) is 7.02. The van der Waals surface area contributed by atoms with Crippen LogP contribution in [0.15, 0.2) is 48.5 Å². The molecule has 2 N–H and O–H groups in total. The summed E-state index contributed by atoms with van der Waals surface area (Å²) in [6, 6.07) is 14.1. The molecule has 0 aliphatic heterocycles. The predicted molar refractivity (Wildman–Crippen MR) is 85.8 cm³/mol. The lowest BCUT2D eigenvalue weighted by Crippen LogP contribution is -2.34. The predicted octanol–water partition coefficient (Wildman–Crippen LogP) is 3.35. The third-order valence-corrected chi connectivity index (χ3v) is 3.23. The Hall–Kier alpha value is -2.20. The van der Waals surface area contributed by atoms with E-state index in [1.165, 1.54) is 0 Å². The highest BCUT2D eigenvalue weighted by molar-refractivity contribution is 6.30. The van der Waals surface area contributed by atoms with Crippen LogP contribution in [-0.4, -0.2) is 19.1 Å². The Morgan fingerprint density at radius 3 is 2.57 bits per heavy atom. The summed E-state index contributed by atoms with van der Waals surface area (Å²) in [6.45, 7) is 2.42. The summed E-state index contributed by atoms with van der Waals surface area (Å²) >= 11 is 5.80. The highest BCUT2D eigenvalue weighted by Gasteiger charge is 2.14. The summed E-state index contributed by atoms with van der Waals surface area (Å²) in [5.41, 5.74) is 7.14. The molecular formula is C16H17ClN2O2. The Balaban J connectivity index is 2.02. The standard InChI is InChI=1S/C16H17ClN2O2/c1-2-19(14-5-3-4-13(18)10-14)16(20)11-21-15-8-6-12(17)7-9-15/h3-10H,2,11,18H2,1H3. The van der Waals surface area contributed by atoms with Crippen molar-refractivity contribution in [1.29, 1.82) is 0 Å². The molecule has 0 saturated carbocycles. The van der Waals surface area contributed by atoms with Crippen LogP contribution in [0.25, 0.3) is 0 Å². The van der Waals surface area contributed by atoms with Crippen molar-refractivity contribution in [3.8, 4) is 5.75 Å². The number of nitrogens with two attached hydrogens (primary N) is 1. The fourth-order valence-corrected chi connectivity index (χ4v) is 2.08. The molecule has 0 saturated heterocycles. The highest BCUT2D eigenvalue weighted by atomic mass is 35.5. The zero-order chi connectivity index (χ0) is 15.2. The minimum absolute atomic E-state index is 0.0374. The molecule has 2 aromatic carbocycles. The number of likely N-dealkylation sites (N-methyl/N-ethyl adjacent to an activating group) is 1. The number of ether oxygens (including phenoxy) is 1. The van der Waals surface area contributed by atoms with Crippen molar-refractivity contribution in [2.75, 3.05) is 23.8 Å². The van der Waals surface area contributed by atoms with Crippen molar-refractivity contribution < 1.29 is 9.53 Å². The van der Waals surface area contributed by atoms with E-state index in [1.807, 2.05) is 19.1 Å². The van der Waals surface area contributed by atoms with E-state index in [4.69, 9.17) is 22.1 Å². The van der Waals surface area contributed by atoms with Crippen LogP contribution in [0.2, 0.25) is 5.02 Å². The summed E-state index contributed by atoms with van der Waals surface area (Å²) in [5, 5.41) is 0.628. The number of hydrogen-bond donors (Lipinski definition) is 1. The molecular weight excluding hydrogens is 288 g/mol. The van der Waals surface area contributed by atoms with Gasteiger partial charge in [-0.15, -0.1) is 0 Å². The maximum atomic E-state index is 12.3. The van der Waals surface area contributed by atoms with Crippen LogP contribution in [-0.2, 0) is 4.79 Å². The molecule has 1 amide bonds. The van der Waals surface area contributed by atoms with Gasteiger partial charge in [0.2, 0.25) is 0 Å². The molecule has 0 bridgehead atoms. The van der Waals surface area contributed by atoms with Gasteiger partial charge in [-0.1, -0.05) is 17.7 Å². The van der Waals surface area contributed by atoms with Crippen LogP contribution in [0.1, 0.15) is 6.92 Å². The van der Waals surface area contributed by atoms with Crippen LogP contribution in [0.4, 0.5) is 11.4 Å². The Labute approximate surface area is 129 Å². The molecule has 5 heteroatoms. The number of amides is 1. The first kappa shape index (κ1) is 15.2. The minimum atomic E-state index is -0.127. The second kappa shape index (κ2) is 6.99. The summed E-state index contributed by atoms with van der Waals surface area (Å²) in [6.07, 6.45) is 0. The van der Waals surface area contributed by atoms with E-state index in [-0.39, 0.29) is 12.5 Å². The molecule has 2 aromatic rings. The van der Waals surface area contributed by atoms with Crippen LogP contribution >= 0.6 is 11.6 Å². The Morgan fingerprint density at radius 2 is 1.95 bits per heavy atom. The molecule has 0 atom stereocenters. The van der Waals surface area contributed by atoms with E-state index in [0.29, 0.717) is 23.0 Å². The third kappa shape index (κ3) is 4.13. The van der Waals surface area contributed by atoms with E-state index < -0.39 is 0 Å². The highest BCUT2D eigenvalue weighted by Crippen LogP contribution is 2.19. The van der Waals surface area contributed by atoms with Gasteiger partial charge in [-0.3, -0.25) is 4.79 Å². The molecule has 0 radical (unpaired) electrons. The molecule has 110 valence electrons. The van der Waals surface area contributed by atoms with Gasteiger partial charge in [0, 0.05) is 22.9 Å². The first-order valence-electron chi connectivity index (χ1n) is 6.64. The first-order chi connectivity index (χ1) is 10.1. The molecule has 0 aromatic heterocycles. The number of halogens is 1. The van der Waals surface area contributed by atoms with Crippen molar-refractivity contribution in [3.63, 3.8) is 0 Å². The molecule has 0 aliphatic rings. The van der Waals surface area contributed by atoms with E-state index in [1.54, 1.807) is 41.3 Å². The van der Waals surface area contributed by atoms with Crippen LogP contribution in [0.3, 0.4) is 0 Å². The maximum Gasteiger partial charge on any atom is 0.264 e. The fourth-order valence-electron chi connectivity index (χ4n) is 1.95. The van der Waals surface area contributed by atoms with Gasteiger partial charge in [-0.05, 0) is 49.4 Å². The number of carbonyl (C=O) groups is 1. The lowest BCUT2D eigenvalue weighted by atomic mass is 10.2. The molecule has 0 aliphatic carbocycles. The lowest BCUT2D eigenvalue weighted by Gasteiger charge is -2.21. The summed E-state index contributed by atoms with van der Waals surface area (Å²) in [5.74, 6) is 0.481. The molecule has 0 heterocycles. The fraction of sp³-hybridized carbons (Fsp3) is 0.188. The van der Waals surface area contributed by atoms with Crippen molar-refractivity contribution in [3.05, 3.63) is 53.6 Å². The Morgan fingerprint density at radius 1 is 1.24 bits per heavy atom. The molecule has 4 nitrogen and oxygen atoms in total. The van der Waals surface area contributed by atoms with Crippen LogP contribution in [0.5, 0.6) is 5.75 Å². The van der Waals surface area contributed by atoms with Gasteiger partial charge in [-0.2, -0.15) is 0 Å². The smallest absolute Gasteiger partial charge is 0.264 e. The number of benzene rings is 2. The second-order valence-corrected chi connectivity index (χ2v) is 4.91. The maximum absolute atomic E-state index is 12.3. The van der Waals surface area contributed by atoms with E-state index >= 15 is 0 Å². The summed E-state index contributed by atoms with van der Waals surface area (Å²) in [7, 11) is 0. The third-order valence-electron chi connectivity index (χ3n) is 2.98. The lowest BCUT2D eigenvalue weighted by molar-refractivity contribution is -0.120. The van der Waals surface area contributed by atoms with Gasteiger partial charge in [0.05, 0.1) is 0 Å². The monoisotopic (exact) mass is 304 g/mol. The molecule has 0 unspecified atom stereocenters. The topological polar surface area (TPSA) is 55.6 Å². The zero-order valence-corrected chi connectivity index (χ0v) is 12.5. The number of anilines is 2. The van der Waals surface area contributed by atoms with Crippen molar-refractivity contribution in [2.24, 2.45) is 0 Å². The average molecular weight is 305 g/mol. The number of nitrogen functional groups attached to an aromatic ring is 1. The van der Waals surface area contributed by atoms with E-state index in [2.05, 4.69) is 0 Å². The number of carbonyl (C=O) groups excluding carboxylic acids is 1. The van der Waals surface area contributed by atoms with Gasteiger partial charge in [0.25, 0.3) is 5.91 Å². The van der Waals surface area contributed by atoms with Gasteiger partial charge in [-0.25, -0.2) is 0 Å². The van der Waals surface area contributed by atoms with Crippen LogP contribution < -0.4 is 15.4 Å². The SMILES string of the molecule is CCN(C(=O)COc1ccc(Cl)cc1)c1cccc(N)c1.